The van der Waals surface area contributed by atoms with Gasteiger partial charge in [-0.25, -0.2) is 8.78 Å². The van der Waals surface area contributed by atoms with Crippen LogP contribution >= 0.6 is 0 Å². The monoisotopic (exact) mass is 361 g/mol. The van der Waals surface area contributed by atoms with Gasteiger partial charge >= 0.3 is 0 Å². The largest absolute Gasteiger partial charge is 0.507 e. The Morgan fingerprint density at radius 1 is 1.12 bits per heavy atom. The molecule has 5 nitrogen and oxygen atoms in total. The summed E-state index contributed by atoms with van der Waals surface area (Å²) in [6.45, 7) is 0.934. The van der Waals surface area contributed by atoms with Gasteiger partial charge in [-0.05, 0) is 36.5 Å². The number of hydrogen-bond donors (Lipinski definition) is 2. The van der Waals surface area contributed by atoms with Gasteiger partial charge in [-0.2, -0.15) is 0 Å². The molecule has 0 saturated heterocycles. The highest BCUT2D eigenvalue weighted by atomic mass is 19.1. The number of benzene rings is 2. The smallest absolute Gasteiger partial charge is 0.258 e. The third kappa shape index (κ3) is 3.16. The molecule has 136 valence electrons. The minimum absolute atomic E-state index is 0.215. The van der Waals surface area contributed by atoms with E-state index >= 15 is 0 Å². The average molecular weight is 361 g/mol. The van der Waals surface area contributed by atoms with Gasteiger partial charge in [-0.3, -0.25) is 4.79 Å². The molecule has 1 saturated carbocycles. The number of halogens is 2. The Labute approximate surface area is 148 Å². The number of nitrogens with one attached hydrogen (secondary N) is 1. The quantitative estimate of drug-likeness (QED) is 0.877. The molecule has 2 N–H and O–H groups in total. The summed E-state index contributed by atoms with van der Waals surface area (Å²) in [6.07, 6.45) is 1.86. The van der Waals surface area contributed by atoms with Gasteiger partial charge in [0.15, 0.2) is 11.5 Å². The van der Waals surface area contributed by atoms with Crippen LogP contribution in [0.4, 0.5) is 8.78 Å². The summed E-state index contributed by atoms with van der Waals surface area (Å²) in [4.78, 5) is 12.5. The van der Waals surface area contributed by atoms with Crippen molar-refractivity contribution in [2.24, 2.45) is 5.92 Å². The standard InChI is InChI=1S/C19H17F2NO4/c20-12-8-13(21)17(14(23)9-12)19(24)22-18(10-1-2-10)11-3-4-15-16(7-11)26-6-5-25-15/h3-4,7-10,18,23H,1-2,5-6H2,(H,22,24)/t18-/m1/s1. The lowest BCUT2D eigenvalue weighted by Crippen LogP contribution is -2.30. The molecule has 0 spiro atoms. The minimum atomic E-state index is -1.10. The molecule has 0 aromatic heterocycles. The predicted molar refractivity (Wildman–Crippen MR) is 88.4 cm³/mol. The van der Waals surface area contributed by atoms with Crippen LogP contribution in [0.25, 0.3) is 0 Å². The predicted octanol–water partition coefficient (Wildman–Crippen LogP) is 3.32. The molecule has 2 aromatic rings. The molecule has 1 aliphatic heterocycles. The van der Waals surface area contributed by atoms with Crippen molar-refractivity contribution in [3.63, 3.8) is 0 Å². The highest BCUT2D eigenvalue weighted by Crippen LogP contribution is 2.43. The zero-order valence-electron chi connectivity index (χ0n) is 13.8. The zero-order chi connectivity index (χ0) is 18.3. The first-order chi connectivity index (χ1) is 12.5. The third-order valence-corrected chi connectivity index (χ3v) is 4.57. The van der Waals surface area contributed by atoms with E-state index in [0.717, 1.165) is 18.4 Å². The van der Waals surface area contributed by atoms with Gasteiger partial charge < -0.3 is 19.9 Å². The maximum atomic E-state index is 14.0. The van der Waals surface area contributed by atoms with Crippen molar-refractivity contribution in [3.8, 4) is 17.2 Å². The molecule has 7 heteroatoms. The topological polar surface area (TPSA) is 67.8 Å². The van der Waals surface area contributed by atoms with E-state index in [2.05, 4.69) is 5.32 Å². The molecular weight excluding hydrogens is 344 g/mol. The number of rotatable bonds is 4. The van der Waals surface area contributed by atoms with E-state index in [4.69, 9.17) is 9.47 Å². The molecule has 1 fully saturated rings. The fraction of sp³-hybridized carbons (Fsp3) is 0.316. The van der Waals surface area contributed by atoms with E-state index < -0.39 is 28.9 Å². The lowest BCUT2D eigenvalue weighted by atomic mass is 10.0. The summed E-state index contributed by atoms with van der Waals surface area (Å²) in [5, 5.41) is 12.5. The van der Waals surface area contributed by atoms with Crippen LogP contribution in [0.5, 0.6) is 17.2 Å². The van der Waals surface area contributed by atoms with Crippen molar-refractivity contribution >= 4 is 5.91 Å². The molecule has 1 atom stereocenters. The van der Waals surface area contributed by atoms with E-state index in [1.165, 1.54) is 0 Å². The number of hydrogen-bond acceptors (Lipinski definition) is 4. The summed E-state index contributed by atoms with van der Waals surface area (Å²) in [5.74, 6) is -2.10. The molecule has 26 heavy (non-hydrogen) atoms. The minimum Gasteiger partial charge on any atom is -0.507 e. The number of ether oxygens (including phenoxy) is 2. The van der Waals surface area contributed by atoms with Gasteiger partial charge in [-0.1, -0.05) is 6.07 Å². The third-order valence-electron chi connectivity index (χ3n) is 4.57. The second-order valence-corrected chi connectivity index (χ2v) is 6.47. The van der Waals surface area contributed by atoms with Crippen molar-refractivity contribution in [1.82, 2.24) is 5.32 Å². The molecule has 1 aliphatic carbocycles. The average Bonchev–Trinajstić information content (AvgIpc) is 3.43. The highest BCUT2D eigenvalue weighted by Gasteiger charge is 2.35. The molecule has 1 amide bonds. The Morgan fingerprint density at radius 2 is 1.85 bits per heavy atom. The van der Waals surface area contributed by atoms with Crippen LogP contribution in [-0.2, 0) is 0 Å². The van der Waals surface area contributed by atoms with Crippen molar-refractivity contribution in [3.05, 3.63) is 53.1 Å². The molecular formula is C19H17F2NO4. The van der Waals surface area contributed by atoms with Crippen LogP contribution in [-0.4, -0.2) is 24.2 Å². The zero-order valence-corrected chi connectivity index (χ0v) is 13.8. The van der Waals surface area contributed by atoms with Gasteiger partial charge in [0.1, 0.15) is 36.2 Å². The molecule has 2 aliphatic rings. The lowest BCUT2D eigenvalue weighted by Gasteiger charge is -2.23. The Kier molecular flexibility index (Phi) is 4.14. The van der Waals surface area contributed by atoms with Crippen LogP contribution in [0.15, 0.2) is 30.3 Å². The summed E-state index contributed by atoms with van der Waals surface area (Å²) in [6, 6.07) is 6.35. The summed E-state index contributed by atoms with van der Waals surface area (Å²) >= 11 is 0. The first kappa shape index (κ1) is 16.6. The van der Waals surface area contributed by atoms with Crippen LogP contribution in [0.3, 0.4) is 0 Å². The number of phenolic OH excluding ortho intramolecular Hbond substituents is 1. The van der Waals surface area contributed by atoms with Crippen molar-refractivity contribution in [1.29, 1.82) is 0 Å². The molecule has 1 heterocycles. The van der Waals surface area contributed by atoms with Gasteiger partial charge in [0, 0.05) is 12.1 Å². The molecule has 4 rings (SSSR count). The van der Waals surface area contributed by atoms with Crippen LogP contribution in [0.2, 0.25) is 0 Å². The normalized spacial score (nSPS) is 16.8. The van der Waals surface area contributed by atoms with E-state index in [0.29, 0.717) is 36.8 Å². The summed E-state index contributed by atoms with van der Waals surface area (Å²) in [5.41, 5.74) is 0.252. The van der Waals surface area contributed by atoms with E-state index in [1.807, 2.05) is 6.07 Å². The number of carbonyl (C=O) groups excluding carboxylic acids is 1. The van der Waals surface area contributed by atoms with Crippen molar-refractivity contribution < 1.29 is 28.2 Å². The van der Waals surface area contributed by atoms with E-state index in [9.17, 15) is 18.7 Å². The SMILES string of the molecule is O=C(N[C@@H](c1ccc2c(c1)OCCO2)C1CC1)c1c(O)cc(F)cc1F. The van der Waals surface area contributed by atoms with Gasteiger partial charge in [0.2, 0.25) is 0 Å². The first-order valence-corrected chi connectivity index (χ1v) is 8.41. The Bertz CT molecular complexity index is 844. The maximum absolute atomic E-state index is 14.0. The van der Waals surface area contributed by atoms with Crippen molar-refractivity contribution in [2.45, 2.75) is 18.9 Å². The number of carbonyl (C=O) groups is 1. The van der Waals surface area contributed by atoms with E-state index in [-0.39, 0.29) is 12.0 Å². The fourth-order valence-electron chi connectivity index (χ4n) is 3.15. The molecule has 0 radical (unpaired) electrons. The first-order valence-electron chi connectivity index (χ1n) is 8.41. The lowest BCUT2D eigenvalue weighted by molar-refractivity contribution is 0.0924. The van der Waals surface area contributed by atoms with Crippen LogP contribution < -0.4 is 14.8 Å². The van der Waals surface area contributed by atoms with Gasteiger partial charge in [0.25, 0.3) is 5.91 Å². The van der Waals surface area contributed by atoms with Gasteiger partial charge in [-0.15, -0.1) is 0 Å². The second kappa shape index (κ2) is 6.48. The number of fused-ring (bicyclic) bond motifs is 1. The highest BCUT2D eigenvalue weighted by molar-refractivity contribution is 5.97. The molecule has 0 bridgehead atoms. The summed E-state index contributed by atoms with van der Waals surface area (Å²) in [7, 11) is 0. The number of amides is 1. The Hall–Kier alpha value is -2.83. The summed E-state index contributed by atoms with van der Waals surface area (Å²) < 4.78 is 38.2. The van der Waals surface area contributed by atoms with E-state index in [1.54, 1.807) is 12.1 Å². The molecule has 2 aromatic carbocycles. The number of aromatic hydroxyl groups is 1. The number of phenols is 1. The van der Waals surface area contributed by atoms with Crippen LogP contribution in [0.1, 0.15) is 34.8 Å². The Balaban J connectivity index is 1.61. The fourth-order valence-corrected chi connectivity index (χ4v) is 3.15. The second-order valence-electron chi connectivity index (χ2n) is 6.47. The van der Waals surface area contributed by atoms with Crippen LogP contribution in [0, 0.1) is 17.6 Å². The maximum Gasteiger partial charge on any atom is 0.258 e. The molecule has 0 unspecified atom stereocenters. The van der Waals surface area contributed by atoms with Gasteiger partial charge in [0.05, 0.1) is 6.04 Å². The van der Waals surface area contributed by atoms with Crippen molar-refractivity contribution in [2.75, 3.05) is 13.2 Å². The Morgan fingerprint density at radius 3 is 2.54 bits per heavy atom.